The van der Waals surface area contributed by atoms with E-state index in [4.69, 9.17) is 0 Å². The van der Waals surface area contributed by atoms with Crippen molar-refractivity contribution in [2.24, 2.45) is 29.6 Å². The Labute approximate surface area is 366 Å². The van der Waals surface area contributed by atoms with E-state index in [1.165, 1.54) is 56.2 Å². The Bertz CT molecular complexity index is 2700. The van der Waals surface area contributed by atoms with Crippen LogP contribution in [0.1, 0.15) is 48.9 Å². The molecule has 0 amide bonds. The van der Waals surface area contributed by atoms with E-state index < -0.39 is 0 Å². The summed E-state index contributed by atoms with van der Waals surface area (Å²) in [6.45, 7) is 0. The highest BCUT2D eigenvalue weighted by Gasteiger charge is 2.48. The number of fused-ring (bicyclic) bond motifs is 9. The van der Waals surface area contributed by atoms with Crippen LogP contribution < -0.4 is 20.9 Å². The van der Waals surface area contributed by atoms with Gasteiger partial charge >= 0.3 is 0 Å². The van der Waals surface area contributed by atoms with Gasteiger partial charge in [-0.05, 0) is 89.5 Å². The third-order valence-electron chi connectivity index (χ3n) is 15.4. The van der Waals surface area contributed by atoms with Crippen molar-refractivity contribution in [1.29, 1.82) is 0 Å². The van der Waals surface area contributed by atoms with E-state index in [-0.39, 0.29) is 48.3 Å². The first kappa shape index (κ1) is 36.7. The van der Waals surface area contributed by atoms with Gasteiger partial charge in [0.1, 0.15) is 0 Å². The van der Waals surface area contributed by atoms with E-state index >= 15 is 0 Å². The summed E-state index contributed by atoms with van der Waals surface area (Å²) in [6, 6.07) is 20.5. The molecule has 11 atom stereocenters. The summed E-state index contributed by atoms with van der Waals surface area (Å²) in [5.74, 6) is 1.95. The van der Waals surface area contributed by atoms with Crippen LogP contribution in [0.15, 0.2) is 233 Å². The Morgan fingerprint density at radius 2 is 1.45 bits per heavy atom. The SMILES string of the molecule is C1=CCC2C=C3C(=CC2=C1)N(C1=CC2=CC=CC(C4NC(c5ccccc5)NC(C5C=CC=CC5)N4)C2C=C1)C1C=CC(N2c4ccccc4C4C5=C(C=CCC5)C=CC42)=CC31. The molecule has 2 aromatic rings. The van der Waals surface area contributed by atoms with Gasteiger partial charge in [-0.25, -0.2) is 0 Å². The number of hydrogen-bond acceptors (Lipinski definition) is 5. The van der Waals surface area contributed by atoms with E-state index in [1.807, 2.05) is 0 Å². The smallest absolute Gasteiger partial charge is 0.0859 e. The first-order chi connectivity index (χ1) is 30.7. The second kappa shape index (κ2) is 14.8. The summed E-state index contributed by atoms with van der Waals surface area (Å²) < 4.78 is 0. The second-order valence-electron chi connectivity index (χ2n) is 18.7. The first-order valence-electron chi connectivity index (χ1n) is 23.1. The summed E-state index contributed by atoms with van der Waals surface area (Å²) in [7, 11) is 0. The van der Waals surface area contributed by atoms with Crippen molar-refractivity contribution in [2.45, 2.75) is 62.2 Å². The van der Waals surface area contributed by atoms with Gasteiger partial charge in [0.25, 0.3) is 0 Å². The number of hydrogen-bond donors (Lipinski definition) is 3. The van der Waals surface area contributed by atoms with Gasteiger partial charge in [-0.15, -0.1) is 0 Å². The third-order valence-corrected chi connectivity index (χ3v) is 15.4. The quantitative estimate of drug-likeness (QED) is 0.281. The highest BCUT2D eigenvalue weighted by molar-refractivity contribution is 5.73. The number of likely N-dealkylation sites (tertiary alicyclic amines) is 1. The standard InChI is InChI=1S/C57H53N5/c1-3-15-37(16-4-1)55-58-56(38-17-5-2-6-18-38)60-57(59-55)46-24-13-21-41-32-42(27-29-44(41)46)62-51-31-28-43(35-49(51)48-33-39-19-7-8-20-40(39)34-53(48)62)61-50-25-12-11-23-47(50)54-45-22-10-9-14-36(45)26-30-52(54)61/h1-9,11-17,20-21,23-35,38-39,44,46,49,51-52,54-60H,10,18-19,22H2. The molecule has 2 fully saturated rings. The largest absolute Gasteiger partial charge is 0.334 e. The van der Waals surface area contributed by atoms with E-state index in [9.17, 15) is 0 Å². The van der Waals surface area contributed by atoms with Gasteiger partial charge in [0.15, 0.2) is 0 Å². The van der Waals surface area contributed by atoms with Crippen LogP contribution in [0.25, 0.3) is 0 Å². The number of nitrogens with zero attached hydrogens (tertiary/aromatic N) is 2. The number of anilines is 1. The molecule has 2 aromatic carbocycles. The minimum atomic E-state index is 0.0509. The van der Waals surface area contributed by atoms with Crippen molar-refractivity contribution in [3.05, 3.63) is 244 Å². The second-order valence-corrected chi connectivity index (χ2v) is 18.7. The van der Waals surface area contributed by atoms with Crippen LogP contribution >= 0.6 is 0 Å². The Morgan fingerprint density at radius 1 is 0.597 bits per heavy atom. The number of rotatable bonds is 5. The molecule has 13 rings (SSSR count). The molecule has 3 aliphatic heterocycles. The van der Waals surface area contributed by atoms with Crippen LogP contribution in [0.2, 0.25) is 0 Å². The Kier molecular flexibility index (Phi) is 8.77. The molecule has 11 aliphatic rings. The van der Waals surface area contributed by atoms with Gasteiger partial charge in [-0.3, -0.25) is 16.0 Å². The highest BCUT2D eigenvalue weighted by Crippen LogP contribution is 2.55. The molecule has 11 unspecified atom stereocenters. The summed E-state index contributed by atoms with van der Waals surface area (Å²) in [6.07, 6.45) is 57.4. The van der Waals surface area contributed by atoms with Gasteiger partial charge < -0.3 is 9.80 Å². The Morgan fingerprint density at radius 3 is 2.39 bits per heavy atom. The molecule has 5 heteroatoms. The van der Waals surface area contributed by atoms with E-state index in [0.29, 0.717) is 17.8 Å². The lowest BCUT2D eigenvalue weighted by molar-refractivity contribution is 0.135. The zero-order valence-electron chi connectivity index (χ0n) is 35.0. The normalized spacial score (nSPS) is 35.4. The molecule has 0 aromatic heterocycles. The average molecular weight is 808 g/mol. The molecule has 5 nitrogen and oxygen atoms in total. The molecule has 0 saturated carbocycles. The van der Waals surface area contributed by atoms with Crippen molar-refractivity contribution in [2.75, 3.05) is 4.90 Å². The van der Waals surface area contributed by atoms with Crippen LogP contribution in [0.3, 0.4) is 0 Å². The predicted octanol–water partition coefficient (Wildman–Crippen LogP) is 10.7. The maximum absolute atomic E-state index is 4.05. The van der Waals surface area contributed by atoms with Gasteiger partial charge in [-0.1, -0.05) is 163 Å². The lowest BCUT2D eigenvalue weighted by Crippen LogP contribution is -2.67. The summed E-state index contributed by atoms with van der Waals surface area (Å²) in [4.78, 5) is 5.32. The minimum Gasteiger partial charge on any atom is -0.334 e. The van der Waals surface area contributed by atoms with Crippen LogP contribution in [0.5, 0.6) is 0 Å². The van der Waals surface area contributed by atoms with Crippen LogP contribution in [-0.4, -0.2) is 29.3 Å². The fourth-order valence-corrected chi connectivity index (χ4v) is 12.5. The molecular weight excluding hydrogens is 755 g/mol. The maximum atomic E-state index is 4.05. The first-order valence-corrected chi connectivity index (χ1v) is 23.1. The summed E-state index contributed by atoms with van der Waals surface area (Å²) >= 11 is 0. The Hall–Kier alpha value is -5.98. The van der Waals surface area contributed by atoms with Crippen LogP contribution in [0, 0.1) is 29.6 Å². The number of benzene rings is 2. The lowest BCUT2D eigenvalue weighted by atomic mass is 9.77. The van der Waals surface area contributed by atoms with Gasteiger partial charge in [0.05, 0.1) is 30.6 Å². The van der Waals surface area contributed by atoms with Crippen molar-refractivity contribution in [1.82, 2.24) is 20.9 Å². The van der Waals surface area contributed by atoms with Crippen molar-refractivity contribution in [3.63, 3.8) is 0 Å². The zero-order valence-corrected chi connectivity index (χ0v) is 35.0. The maximum Gasteiger partial charge on any atom is 0.0859 e. The highest BCUT2D eigenvalue weighted by atomic mass is 15.4. The van der Waals surface area contributed by atoms with Crippen molar-refractivity contribution >= 4 is 5.69 Å². The molecular formula is C57H53N5. The fourth-order valence-electron chi connectivity index (χ4n) is 12.5. The van der Waals surface area contributed by atoms with Crippen molar-refractivity contribution in [3.8, 4) is 0 Å². The molecule has 2 saturated heterocycles. The lowest BCUT2D eigenvalue weighted by Gasteiger charge is -2.46. The average Bonchev–Trinajstić information content (AvgIpc) is 3.85. The van der Waals surface area contributed by atoms with E-state index in [2.05, 4.69) is 214 Å². The van der Waals surface area contributed by atoms with Crippen molar-refractivity contribution < 1.29 is 0 Å². The minimum absolute atomic E-state index is 0.0509. The molecule has 0 radical (unpaired) electrons. The van der Waals surface area contributed by atoms with Gasteiger partial charge in [0.2, 0.25) is 0 Å². The van der Waals surface area contributed by atoms with E-state index in [1.54, 1.807) is 5.57 Å². The summed E-state index contributed by atoms with van der Waals surface area (Å²) in [5, 5.41) is 12.0. The molecule has 62 heavy (non-hydrogen) atoms. The molecule has 306 valence electrons. The molecule has 3 N–H and O–H groups in total. The third kappa shape index (κ3) is 5.93. The molecule has 3 heterocycles. The summed E-state index contributed by atoms with van der Waals surface area (Å²) in [5.41, 5.74) is 15.3. The van der Waals surface area contributed by atoms with Gasteiger partial charge in [-0.2, -0.15) is 0 Å². The molecule has 8 aliphatic carbocycles. The Balaban J connectivity index is 0.828. The van der Waals surface area contributed by atoms with E-state index in [0.717, 1.165) is 25.7 Å². The zero-order chi connectivity index (χ0) is 40.7. The monoisotopic (exact) mass is 807 g/mol. The number of nitrogens with one attached hydrogen (secondary N) is 3. The number of allylic oxidation sites excluding steroid dienone is 21. The number of para-hydroxylation sites is 1. The van der Waals surface area contributed by atoms with Gasteiger partial charge in [0, 0.05) is 58.3 Å². The topological polar surface area (TPSA) is 42.6 Å². The molecule has 0 bridgehead atoms. The molecule has 0 spiro atoms. The fraction of sp³-hybridized carbons (Fsp3) is 0.263. The predicted molar refractivity (Wildman–Crippen MR) is 252 cm³/mol. The van der Waals surface area contributed by atoms with Crippen LogP contribution in [0.4, 0.5) is 5.69 Å². The van der Waals surface area contributed by atoms with Crippen LogP contribution in [-0.2, 0) is 0 Å².